The first-order valence-corrected chi connectivity index (χ1v) is 8.69. The summed E-state index contributed by atoms with van der Waals surface area (Å²) in [5.74, 6) is -0.441. The van der Waals surface area contributed by atoms with Gasteiger partial charge in [-0.05, 0) is 36.4 Å². The molecule has 26 heavy (non-hydrogen) atoms. The van der Waals surface area contributed by atoms with Gasteiger partial charge < -0.3 is 5.32 Å². The SMILES string of the molecule is Cn1c(SCc2ccccn2)ncc(C(=O)Nc2ccc(F)cc2)c1=O. The second kappa shape index (κ2) is 7.92. The summed E-state index contributed by atoms with van der Waals surface area (Å²) in [5, 5.41) is 3.04. The number of nitrogens with zero attached hydrogens (tertiary/aromatic N) is 3. The molecule has 0 aliphatic carbocycles. The summed E-state index contributed by atoms with van der Waals surface area (Å²) in [4.78, 5) is 33.2. The average molecular weight is 370 g/mol. The van der Waals surface area contributed by atoms with Gasteiger partial charge in [-0.2, -0.15) is 0 Å². The lowest BCUT2D eigenvalue weighted by atomic mass is 10.2. The zero-order valence-electron chi connectivity index (χ0n) is 13.8. The average Bonchev–Trinajstić information content (AvgIpc) is 2.65. The van der Waals surface area contributed by atoms with Crippen LogP contribution in [0.2, 0.25) is 0 Å². The summed E-state index contributed by atoms with van der Waals surface area (Å²) in [7, 11) is 1.56. The van der Waals surface area contributed by atoms with Crippen molar-refractivity contribution < 1.29 is 9.18 Å². The Hall–Kier alpha value is -3.00. The van der Waals surface area contributed by atoms with Gasteiger partial charge >= 0.3 is 0 Å². The van der Waals surface area contributed by atoms with Gasteiger partial charge in [0.2, 0.25) is 0 Å². The normalized spacial score (nSPS) is 10.5. The van der Waals surface area contributed by atoms with Gasteiger partial charge in [-0.15, -0.1) is 0 Å². The van der Waals surface area contributed by atoms with Crippen LogP contribution in [0.3, 0.4) is 0 Å². The van der Waals surface area contributed by atoms with Gasteiger partial charge in [-0.1, -0.05) is 17.8 Å². The molecule has 3 aromatic rings. The zero-order valence-corrected chi connectivity index (χ0v) is 14.7. The standard InChI is InChI=1S/C18H15FN4O2S/c1-23-17(25)15(16(24)22-13-7-5-12(19)6-8-13)10-21-18(23)26-11-14-4-2-3-9-20-14/h2-10H,11H2,1H3,(H,22,24). The molecule has 0 spiro atoms. The van der Waals surface area contributed by atoms with Crippen molar-refractivity contribution >= 4 is 23.4 Å². The molecule has 3 rings (SSSR count). The molecule has 0 unspecified atom stereocenters. The Morgan fingerprint density at radius 3 is 2.65 bits per heavy atom. The number of nitrogens with one attached hydrogen (secondary N) is 1. The van der Waals surface area contributed by atoms with Crippen molar-refractivity contribution in [3.63, 3.8) is 0 Å². The van der Waals surface area contributed by atoms with E-state index >= 15 is 0 Å². The van der Waals surface area contributed by atoms with Crippen LogP contribution in [0.4, 0.5) is 10.1 Å². The van der Waals surface area contributed by atoms with E-state index in [1.807, 2.05) is 18.2 Å². The summed E-state index contributed by atoms with van der Waals surface area (Å²) < 4.78 is 14.2. The number of thioether (sulfide) groups is 1. The highest BCUT2D eigenvalue weighted by molar-refractivity contribution is 7.98. The number of hydrogen-bond donors (Lipinski definition) is 1. The van der Waals surface area contributed by atoms with Crippen molar-refractivity contribution in [1.29, 1.82) is 0 Å². The maximum absolute atomic E-state index is 12.9. The Kier molecular flexibility index (Phi) is 5.43. The minimum atomic E-state index is -0.592. The number of amides is 1. The molecule has 0 aliphatic heterocycles. The molecule has 0 aliphatic rings. The first-order chi connectivity index (χ1) is 12.5. The number of carbonyl (C=O) groups is 1. The van der Waals surface area contributed by atoms with E-state index in [9.17, 15) is 14.0 Å². The fourth-order valence-electron chi connectivity index (χ4n) is 2.17. The molecule has 8 heteroatoms. The van der Waals surface area contributed by atoms with Gasteiger partial charge in [-0.3, -0.25) is 19.1 Å². The summed E-state index contributed by atoms with van der Waals surface area (Å²) in [5.41, 5.74) is 0.721. The minimum Gasteiger partial charge on any atom is -0.322 e. The molecule has 1 amide bonds. The lowest BCUT2D eigenvalue weighted by Gasteiger charge is -2.09. The molecule has 0 saturated heterocycles. The molecule has 132 valence electrons. The van der Waals surface area contributed by atoms with Gasteiger partial charge in [-0.25, -0.2) is 9.37 Å². The van der Waals surface area contributed by atoms with Crippen LogP contribution in [-0.4, -0.2) is 20.4 Å². The Morgan fingerprint density at radius 2 is 1.96 bits per heavy atom. The van der Waals surface area contributed by atoms with Crippen LogP contribution in [0.15, 0.2) is 64.8 Å². The van der Waals surface area contributed by atoms with Crippen molar-refractivity contribution in [3.05, 3.63) is 82.3 Å². The lowest BCUT2D eigenvalue weighted by Crippen LogP contribution is -2.29. The van der Waals surface area contributed by atoms with E-state index in [0.717, 1.165) is 5.69 Å². The minimum absolute atomic E-state index is 0.0842. The smallest absolute Gasteiger partial charge is 0.266 e. The molecular weight excluding hydrogens is 355 g/mol. The fourth-order valence-corrected chi connectivity index (χ4v) is 3.02. The number of benzene rings is 1. The lowest BCUT2D eigenvalue weighted by molar-refractivity contribution is 0.102. The number of aromatic nitrogens is 3. The number of pyridine rings is 1. The predicted octanol–water partition coefficient (Wildman–Crippen LogP) is 2.86. The van der Waals surface area contributed by atoms with Gasteiger partial charge in [0, 0.05) is 30.9 Å². The quantitative estimate of drug-likeness (QED) is 0.552. The number of rotatable bonds is 5. The topological polar surface area (TPSA) is 76.9 Å². The summed E-state index contributed by atoms with van der Waals surface area (Å²) in [6.07, 6.45) is 2.95. The van der Waals surface area contributed by atoms with E-state index in [-0.39, 0.29) is 5.56 Å². The molecule has 6 nitrogen and oxygen atoms in total. The highest BCUT2D eigenvalue weighted by atomic mass is 32.2. The molecule has 0 radical (unpaired) electrons. The van der Waals surface area contributed by atoms with Crippen LogP contribution < -0.4 is 10.9 Å². The van der Waals surface area contributed by atoms with Crippen LogP contribution in [0.1, 0.15) is 16.1 Å². The third kappa shape index (κ3) is 4.15. The second-order valence-corrected chi connectivity index (χ2v) is 6.33. The first kappa shape index (κ1) is 17.8. The zero-order chi connectivity index (χ0) is 18.5. The first-order valence-electron chi connectivity index (χ1n) is 7.70. The third-order valence-electron chi connectivity index (χ3n) is 3.55. The third-order valence-corrected chi connectivity index (χ3v) is 4.63. The summed E-state index contributed by atoms with van der Waals surface area (Å²) in [6, 6.07) is 10.9. The van der Waals surface area contributed by atoms with Crippen molar-refractivity contribution in [2.24, 2.45) is 7.05 Å². The van der Waals surface area contributed by atoms with E-state index in [2.05, 4.69) is 15.3 Å². The molecule has 1 N–H and O–H groups in total. The van der Waals surface area contributed by atoms with Gasteiger partial charge in [0.05, 0.1) is 5.69 Å². The predicted molar refractivity (Wildman–Crippen MR) is 97.6 cm³/mol. The van der Waals surface area contributed by atoms with E-state index in [0.29, 0.717) is 16.6 Å². The summed E-state index contributed by atoms with van der Waals surface area (Å²) >= 11 is 1.36. The Labute approximate surface area is 153 Å². The van der Waals surface area contributed by atoms with E-state index in [1.54, 1.807) is 13.2 Å². The molecule has 2 heterocycles. The fraction of sp³-hybridized carbons (Fsp3) is 0.111. The van der Waals surface area contributed by atoms with Crippen LogP contribution in [0.5, 0.6) is 0 Å². The van der Waals surface area contributed by atoms with Crippen LogP contribution in [0, 0.1) is 5.82 Å². The highest BCUT2D eigenvalue weighted by Crippen LogP contribution is 2.18. The number of halogens is 1. The van der Waals surface area contributed by atoms with Crippen molar-refractivity contribution in [3.8, 4) is 0 Å². The maximum atomic E-state index is 12.9. The molecule has 1 aromatic carbocycles. The Bertz CT molecular complexity index is 975. The van der Waals surface area contributed by atoms with E-state index < -0.39 is 17.3 Å². The van der Waals surface area contributed by atoms with Crippen LogP contribution >= 0.6 is 11.8 Å². The van der Waals surface area contributed by atoms with Gasteiger partial charge in [0.15, 0.2) is 5.16 Å². The molecule has 0 atom stereocenters. The van der Waals surface area contributed by atoms with Crippen molar-refractivity contribution in [1.82, 2.24) is 14.5 Å². The van der Waals surface area contributed by atoms with Crippen molar-refractivity contribution in [2.75, 3.05) is 5.32 Å². The second-order valence-electron chi connectivity index (χ2n) is 5.39. The number of hydrogen-bond acceptors (Lipinski definition) is 5. The molecule has 2 aromatic heterocycles. The monoisotopic (exact) mass is 370 g/mol. The van der Waals surface area contributed by atoms with Gasteiger partial charge in [0.1, 0.15) is 11.4 Å². The largest absolute Gasteiger partial charge is 0.322 e. The Balaban J connectivity index is 1.75. The maximum Gasteiger partial charge on any atom is 0.266 e. The molecule has 0 fully saturated rings. The number of anilines is 1. The number of carbonyl (C=O) groups excluding carboxylic acids is 1. The molecule has 0 bridgehead atoms. The van der Waals surface area contributed by atoms with E-state index in [1.165, 1.54) is 46.8 Å². The Morgan fingerprint density at radius 1 is 1.19 bits per heavy atom. The summed E-state index contributed by atoms with van der Waals surface area (Å²) in [6.45, 7) is 0. The highest BCUT2D eigenvalue weighted by Gasteiger charge is 2.15. The van der Waals surface area contributed by atoms with Crippen LogP contribution in [0.25, 0.3) is 0 Å². The van der Waals surface area contributed by atoms with E-state index in [4.69, 9.17) is 0 Å². The van der Waals surface area contributed by atoms with Crippen molar-refractivity contribution in [2.45, 2.75) is 10.9 Å². The van der Waals surface area contributed by atoms with Crippen LogP contribution in [-0.2, 0) is 12.8 Å². The van der Waals surface area contributed by atoms with Gasteiger partial charge in [0.25, 0.3) is 11.5 Å². The molecule has 0 saturated carbocycles. The molecular formula is C18H15FN4O2S.